The Hall–Kier alpha value is -2.60. The highest BCUT2D eigenvalue weighted by Crippen LogP contribution is 2.30. The van der Waals surface area contributed by atoms with Crippen LogP contribution < -0.4 is 10.6 Å². The molecule has 1 aliphatic heterocycles. The molecule has 2 fully saturated rings. The fraction of sp³-hybridized carbons (Fsp3) is 0.500. The molecule has 0 bridgehead atoms. The van der Waals surface area contributed by atoms with Crippen LogP contribution in [0.5, 0.6) is 0 Å². The first-order valence-corrected chi connectivity index (χ1v) is 11.3. The van der Waals surface area contributed by atoms with Crippen LogP contribution in [0.2, 0.25) is 0 Å². The van der Waals surface area contributed by atoms with Gasteiger partial charge in [-0.25, -0.2) is 4.98 Å². The molecule has 3 aromatic rings. The zero-order chi connectivity index (χ0) is 20.5. The van der Waals surface area contributed by atoms with E-state index in [0.29, 0.717) is 6.04 Å². The van der Waals surface area contributed by atoms with Gasteiger partial charge in [0.1, 0.15) is 11.6 Å². The first-order chi connectivity index (χ1) is 14.7. The Bertz CT molecular complexity index is 1030. The lowest BCUT2D eigenvalue weighted by Gasteiger charge is -2.17. The molecule has 0 amide bonds. The van der Waals surface area contributed by atoms with Crippen LogP contribution in [0, 0.1) is 13.8 Å². The zero-order valence-corrected chi connectivity index (χ0v) is 17.9. The number of fused-ring (bicyclic) bond motifs is 1. The van der Waals surface area contributed by atoms with E-state index in [1.165, 1.54) is 36.8 Å². The van der Waals surface area contributed by atoms with Crippen molar-refractivity contribution in [3.05, 3.63) is 41.6 Å². The molecule has 0 spiro atoms. The van der Waals surface area contributed by atoms with Crippen LogP contribution in [0.1, 0.15) is 49.7 Å². The second kappa shape index (κ2) is 8.26. The van der Waals surface area contributed by atoms with E-state index in [2.05, 4.69) is 53.8 Å². The van der Waals surface area contributed by atoms with Crippen LogP contribution in [0.15, 0.2) is 30.5 Å². The van der Waals surface area contributed by atoms with Crippen LogP contribution >= 0.6 is 0 Å². The van der Waals surface area contributed by atoms with Gasteiger partial charge in [0.05, 0.1) is 12.3 Å². The monoisotopic (exact) mass is 405 g/mol. The molecular formula is C24H31N5O. The van der Waals surface area contributed by atoms with Crippen molar-refractivity contribution in [2.24, 2.45) is 0 Å². The number of aromatic nitrogens is 3. The minimum Gasteiger partial charge on any atom is -0.376 e. The highest BCUT2D eigenvalue weighted by atomic mass is 16.5. The summed E-state index contributed by atoms with van der Waals surface area (Å²) in [5, 5.41) is 11.9. The van der Waals surface area contributed by atoms with Gasteiger partial charge in [-0.05, 0) is 56.2 Å². The molecule has 3 heterocycles. The average molecular weight is 406 g/mol. The quantitative estimate of drug-likeness (QED) is 0.607. The van der Waals surface area contributed by atoms with E-state index in [4.69, 9.17) is 9.72 Å². The van der Waals surface area contributed by atoms with Gasteiger partial charge in [0.15, 0.2) is 5.65 Å². The Balaban J connectivity index is 1.52. The van der Waals surface area contributed by atoms with Crippen molar-refractivity contribution >= 4 is 17.3 Å². The summed E-state index contributed by atoms with van der Waals surface area (Å²) in [5.41, 5.74) is 5.68. The third-order valence-electron chi connectivity index (χ3n) is 6.53. The summed E-state index contributed by atoms with van der Waals surface area (Å²) in [7, 11) is 0. The van der Waals surface area contributed by atoms with Crippen molar-refractivity contribution in [2.45, 2.75) is 64.5 Å². The van der Waals surface area contributed by atoms with Crippen molar-refractivity contribution in [1.29, 1.82) is 0 Å². The fourth-order valence-corrected chi connectivity index (χ4v) is 4.58. The van der Waals surface area contributed by atoms with Gasteiger partial charge in [-0.3, -0.25) is 0 Å². The van der Waals surface area contributed by atoms with Gasteiger partial charge >= 0.3 is 0 Å². The minimum atomic E-state index is 0.272. The van der Waals surface area contributed by atoms with Gasteiger partial charge < -0.3 is 15.4 Å². The second-order valence-corrected chi connectivity index (χ2v) is 8.76. The predicted octanol–water partition coefficient (Wildman–Crippen LogP) is 4.96. The standard InChI is InChI=1S/C24H31N5O/c1-16-9-10-18(12-17(16)2)21-15-26-29-23(25-14-20-8-5-11-30-20)13-22(28-24(21)29)27-19-6-3-4-7-19/h9-10,12-13,15,19-20,25H,3-8,11,14H2,1-2H3,(H,27,28)/t20-/m1/s1. The summed E-state index contributed by atoms with van der Waals surface area (Å²) in [6.45, 7) is 5.95. The smallest absolute Gasteiger partial charge is 0.167 e. The highest BCUT2D eigenvalue weighted by Gasteiger charge is 2.20. The van der Waals surface area contributed by atoms with Gasteiger partial charge in [-0.2, -0.15) is 9.61 Å². The largest absolute Gasteiger partial charge is 0.376 e. The summed E-state index contributed by atoms with van der Waals surface area (Å²) < 4.78 is 7.73. The first kappa shape index (κ1) is 19.4. The third kappa shape index (κ3) is 3.88. The Morgan fingerprint density at radius 1 is 1.07 bits per heavy atom. The number of nitrogens with zero attached hydrogens (tertiary/aromatic N) is 3. The summed E-state index contributed by atoms with van der Waals surface area (Å²) in [6, 6.07) is 9.17. The molecular weight excluding hydrogens is 374 g/mol. The number of benzene rings is 1. The summed E-state index contributed by atoms with van der Waals surface area (Å²) in [6.07, 6.45) is 9.49. The lowest BCUT2D eigenvalue weighted by Crippen LogP contribution is -2.21. The molecule has 30 heavy (non-hydrogen) atoms. The van der Waals surface area contributed by atoms with E-state index in [1.54, 1.807) is 0 Å². The third-order valence-corrected chi connectivity index (χ3v) is 6.53. The molecule has 2 aromatic heterocycles. The molecule has 1 atom stereocenters. The van der Waals surface area contributed by atoms with E-state index in [-0.39, 0.29) is 6.10 Å². The maximum atomic E-state index is 5.80. The van der Waals surface area contributed by atoms with E-state index in [9.17, 15) is 0 Å². The SMILES string of the molecule is Cc1ccc(-c2cnn3c(NC[C@H]4CCCO4)cc(NC4CCCC4)nc23)cc1C. The molecule has 0 radical (unpaired) electrons. The molecule has 2 N–H and O–H groups in total. The summed E-state index contributed by atoms with van der Waals surface area (Å²) >= 11 is 0. The molecule has 6 nitrogen and oxygen atoms in total. The maximum absolute atomic E-state index is 5.80. The van der Waals surface area contributed by atoms with Gasteiger partial charge in [-0.1, -0.05) is 31.0 Å². The Kier molecular flexibility index (Phi) is 5.34. The fourth-order valence-electron chi connectivity index (χ4n) is 4.58. The van der Waals surface area contributed by atoms with Crippen molar-refractivity contribution in [3.63, 3.8) is 0 Å². The molecule has 5 rings (SSSR count). The van der Waals surface area contributed by atoms with Crippen molar-refractivity contribution in [3.8, 4) is 11.1 Å². The lowest BCUT2D eigenvalue weighted by atomic mass is 10.0. The summed E-state index contributed by atoms with van der Waals surface area (Å²) in [5.74, 6) is 1.89. The molecule has 2 aliphatic rings. The Labute approximate surface area is 178 Å². The molecule has 1 saturated heterocycles. The van der Waals surface area contributed by atoms with Crippen LogP contribution in [-0.4, -0.2) is 39.9 Å². The number of ether oxygens (including phenoxy) is 1. The van der Waals surface area contributed by atoms with Crippen molar-refractivity contribution in [2.75, 3.05) is 23.8 Å². The predicted molar refractivity (Wildman–Crippen MR) is 121 cm³/mol. The van der Waals surface area contributed by atoms with Gasteiger partial charge in [0, 0.05) is 30.8 Å². The topological polar surface area (TPSA) is 63.5 Å². The van der Waals surface area contributed by atoms with Crippen LogP contribution in [-0.2, 0) is 4.74 Å². The van der Waals surface area contributed by atoms with Crippen molar-refractivity contribution in [1.82, 2.24) is 14.6 Å². The minimum absolute atomic E-state index is 0.272. The van der Waals surface area contributed by atoms with E-state index in [0.717, 1.165) is 54.4 Å². The van der Waals surface area contributed by atoms with E-state index < -0.39 is 0 Å². The summed E-state index contributed by atoms with van der Waals surface area (Å²) in [4.78, 5) is 4.99. The van der Waals surface area contributed by atoms with Crippen LogP contribution in [0.3, 0.4) is 0 Å². The molecule has 1 saturated carbocycles. The number of hydrogen-bond acceptors (Lipinski definition) is 5. The Morgan fingerprint density at radius 3 is 2.70 bits per heavy atom. The Morgan fingerprint density at radius 2 is 1.93 bits per heavy atom. The van der Waals surface area contributed by atoms with E-state index in [1.807, 2.05) is 10.7 Å². The molecule has 1 aliphatic carbocycles. The maximum Gasteiger partial charge on any atom is 0.167 e. The number of nitrogens with one attached hydrogen (secondary N) is 2. The lowest BCUT2D eigenvalue weighted by molar-refractivity contribution is 0.120. The first-order valence-electron chi connectivity index (χ1n) is 11.3. The normalized spacial score (nSPS) is 19.6. The number of hydrogen-bond donors (Lipinski definition) is 2. The average Bonchev–Trinajstić information content (AvgIpc) is 3.50. The van der Waals surface area contributed by atoms with Crippen LogP contribution in [0.25, 0.3) is 16.8 Å². The van der Waals surface area contributed by atoms with E-state index >= 15 is 0 Å². The molecule has 6 heteroatoms. The zero-order valence-electron chi connectivity index (χ0n) is 17.9. The van der Waals surface area contributed by atoms with Gasteiger partial charge in [-0.15, -0.1) is 0 Å². The second-order valence-electron chi connectivity index (χ2n) is 8.76. The molecule has 1 aromatic carbocycles. The number of rotatable bonds is 6. The highest BCUT2D eigenvalue weighted by molar-refractivity contribution is 5.80. The van der Waals surface area contributed by atoms with Crippen LogP contribution in [0.4, 0.5) is 11.6 Å². The molecule has 158 valence electrons. The van der Waals surface area contributed by atoms with Crippen molar-refractivity contribution < 1.29 is 4.74 Å². The number of aryl methyl sites for hydroxylation is 2. The van der Waals surface area contributed by atoms with Gasteiger partial charge in [0.2, 0.25) is 0 Å². The molecule has 0 unspecified atom stereocenters. The van der Waals surface area contributed by atoms with Gasteiger partial charge in [0.25, 0.3) is 0 Å². The number of anilines is 2.